The van der Waals surface area contributed by atoms with E-state index in [2.05, 4.69) is 9.88 Å². The maximum absolute atomic E-state index is 6.43. The van der Waals surface area contributed by atoms with Crippen LogP contribution in [0, 0.1) is 0 Å². The quantitative estimate of drug-likeness (QED) is 0.777. The zero-order valence-electron chi connectivity index (χ0n) is 13.6. The summed E-state index contributed by atoms with van der Waals surface area (Å²) >= 11 is 6.43. The van der Waals surface area contributed by atoms with Crippen molar-refractivity contribution < 1.29 is 14.0 Å². The Kier molecular flexibility index (Phi) is 4.14. The lowest BCUT2D eigenvalue weighted by molar-refractivity contribution is 0.00578. The predicted octanol–water partition coefficient (Wildman–Crippen LogP) is 1.87. The van der Waals surface area contributed by atoms with Gasteiger partial charge in [0.2, 0.25) is 0 Å². The zero-order chi connectivity index (χ0) is 16.0. The molecule has 3 rings (SSSR count). The Balaban J connectivity index is 1.96. The van der Waals surface area contributed by atoms with Gasteiger partial charge in [0.1, 0.15) is 0 Å². The van der Waals surface area contributed by atoms with E-state index < -0.39 is 7.12 Å². The van der Waals surface area contributed by atoms with Crippen molar-refractivity contribution in [2.24, 2.45) is 0 Å². The van der Waals surface area contributed by atoms with Gasteiger partial charge in [-0.05, 0) is 27.7 Å². The average molecular weight is 325 g/mol. The number of pyridine rings is 1. The largest absolute Gasteiger partial charge is 0.498 e. The Hall–Kier alpha value is -0.815. The molecular formula is C15H22BClN2O3. The Morgan fingerprint density at radius 2 is 1.68 bits per heavy atom. The molecule has 0 amide bonds. The summed E-state index contributed by atoms with van der Waals surface area (Å²) in [5.74, 6) is 0. The molecule has 5 nitrogen and oxygen atoms in total. The van der Waals surface area contributed by atoms with Crippen LogP contribution in [0.25, 0.3) is 0 Å². The number of rotatable bonds is 2. The van der Waals surface area contributed by atoms with Crippen LogP contribution >= 0.6 is 11.6 Å². The van der Waals surface area contributed by atoms with E-state index >= 15 is 0 Å². The minimum absolute atomic E-state index is 0.387. The molecule has 0 aromatic carbocycles. The van der Waals surface area contributed by atoms with Crippen LogP contribution in [-0.4, -0.2) is 49.6 Å². The van der Waals surface area contributed by atoms with Crippen molar-refractivity contribution in [1.82, 2.24) is 4.98 Å². The number of morpholine rings is 1. The van der Waals surface area contributed by atoms with Gasteiger partial charge in [-0.25, -0.2) is 0 Å². The summed E-state index contributed by atoms with van der Waals surface area (Å²) in [6.07, 6.45) is 3.46. The van der Waals surface area contributed by atoms with Crippen LogP contribution in [-0.2, 0) is 14.0 Å². The van der Waals surface area contributed by atoms with Gasteiger partial charge in [-0.15, -0.1) is 0 Å². The topological polar surface area (TPSA) is 43.8 Å². The minimum atomic E-state index is -0.464. The Morgan fingerprint density at radius 1 is 1.09 bits per heavy atom. The molecule has 2 aliphatic heterocycles. The molecule has 0 radical (unpaired) electrons. The van der Waals surface area contributed by atoms with Crippen LogP contribution in [0.15, 0.2) is 12.4 Å². The van der Waals surface area contributed by atoms with E-state index in [-0.39, 0.29) is 11.2 Å². The molecular weight excluding hydrogens is 302 g/mol. The number of nitrogens with zero attached hydrogens (tertiary/aromatic N) is 2. The number of halogens is 1. The highest BCUT2D eigenvalue weighted by Gasteiger charge is 2.52. The number of ether oxygens (including phenoxy) is 1. The number of hydrogen-bond donors (Lipinski definition) is 0. The van der Waals surface area contributed by atoms with Gasteiger partial charge in [0.25, 0.3) is 0 Å². The van der Waals surface area contributed by atoms with Crippen LogP contribution in [0.3, 0.4) is 0 Å². The predicted molar refractivity (Wildman–Crippen MR) is 88.0 cm³/mol. The van der Waals surface area contributed by atoms with Crippen molar-refractivity contribution in [3.63, 3.8) is 0 Å². The monoisotopic (exact) mass is 324 g/mol. The number of hydrogen-bond acceptors (Lipinski definition) is 5. The van der Waals surface area contributed by atoms with Crippen LogP contribution in [0.4, 0.5) is 5.69 Å². The van der Waals surface area contributed by atoms with E-state index in [4.69, 9.17) is 25.6 Å². The fourth-order valence-electron chi connectivity index (χ4n) is 2.71. The molecule has 0 atom stereocenters. The van der Waals surface area contributed by atoms with E-state index in [1.54, 1.807) is 12.4 Å². The molecule has 0 N–H and O–H groups in total. The van der Waals surface area contributed by atoms with Crippen LogP contribution in [0.2, 0.25) is 5.02 Å². The Labute approximate surface area is 137 Å². The van der Waals surface area contributed by atoms with E-state index in [1.165, 1.54) is 0 Å². The van der Waals surface area contributed by atoms with Crippen LogP contribution in [0.5, 0.6) is 0 Å². The maximum Gasteiger partial charge on any atom is 0.498 e. The maximum atomic E-state index is 6.43. The fraction of sp³-hybridized carbons (Fsp3) is 0.667. The van der Waals surface area contributed by atoms with E-state index in [1.807, 2.05) is 27.7 Å². The molecule has 0 spiro atoms. The molecule has 2 fully saturated rings. The van der Waals surface area contributed by atoms with E-state index in [0.29, 0.717) is 18.2 Å². The molecule has 120 valence electrons. The molecule has 0 unspecified atom stereocenters. The van der Waals surface area contributed by atoms with Crippen molar-refractivity contribution in [2.75, 3.05) is 31.2 Å². The molecule has 3 heterocycles. The molecule has 1 aromatic rings. The van der Waals surface area contributed by atoms with Gasteiger partial charge >= 0.3 is 7.12 Å². The summed E-state index contributed by atoms with van der Waals surface area (Å²) in [5.41, 5.74) is 1.05. The molecule has 0 saturated carbocycles. The highest BCUT2D eigenvalue weighted by Crippen LogP contribution is 2.37. The summed E-state index contributed by atoms with van der Waals surface area (Å²) in [6.45, 7) is 11.2. The second-order valence-corrected chi connectivity index (χ2v) is 7.15. The van der Waals surface area contributed by atoms with Gasteiger partial charge < -0.3 is 18.9 Å². The molecule has 0 bridgehead atoms. The normalized spacial score (nSPS) is 23.9. The van der Waals surface area contributed by atoms with E-state index in [0.717, 1.165) is 24.2 Å². The van der Waals surface area contributed by atoms with E-state index in [9.17, 15) is 0 Å². The highest BCUT2D eigenvalue weighted by molar-refractivity contribution is 6.64. The summed E-state index contributed by atoms with van der Waals surface area (Å²) in [5, 5.41) is 0.620. The van der Waals surface area contributed by atoms with Crippen molar-refractivity contribution in [1.29, 1.82) is 0 Å². The average Bonchev–Trinajstić information content (AvgIpc) is 2.68. The second kappa shape index (κ2) is 5.67. The highest BCUT2D eigenvalue weighted by atomic mass is 35.5. The van der Waals surface area contributed by atoms with Crippen molar-refractivity contribution >= 4 is 29.9 Å². The third-order valence-corrected chi connectivity index (χ3v) is 5.01. The third-order valence-electron chi connectivity index (χ3n) is 4.74. The third kappa shape index (κ3) is 2.73. The summed E-state index contributed by atoms with van der Waals surface area (Å²) in [4.78, 5) is 6.45. The lowest BCUT2D eigenvalue weighted by atomic mass is 9.78. The fourth-order valence-corrected chi connectivity index (χ4v) is 2.99. The Morgan fingerprint density at radius 3 is 2.27 bits per heavy atom. The molecule has 22 heavy (non-hydrogen) atoms. The molecule has 2 aliphatic rings. The first-order valence-corrected chi connectivity index (χ1v) is 8.01. The van der Waals surface area contributed by atoms with Crippen LogP contribution in [0.1, 0.15) is 27.7 Å². The lowest BCUT2D eigenvalue weighted by Gasteiger charge is -2.32. The first-order valence-electron chi connectivity index (χ1n) is 7.63. The first-order chi connectivity index (χ1) is 10.3. The van der Waals surface area contributed by atoms with Crippen molar-refractivity contribution in [2.45, 2.75) is 38.9 Å². The second-order valence-electron chi connectivity index (χ2n) is 6.75. The van der Waals surface area contributed by atoms with Gasteiger partial charge in [0.15, 0.2) is 0 Å². The van der Waals surface area contributed by atoms with Gasteiger partial charge in [-0.1, -0.05) is 11.6 Å². The Bertz CT molecular complexity index is 546. The zero-order valence-corrected chi connectivity index (χ0v) is 14.3. The summed E-state index contributed by atoms with van der Waals surface area (Å²) < 4.78 is 17.7. The minimum Gasteiger partial charge on any atom is -0.399 e. The number of aromatic nitrogens is 1. The number of anilines is 1. The molecule has 1 aromatic heterocycles. The summed E-state index contributed by atoms with van der Waals surface area (Å²) in [7, 11) is -0.464. The van der Waals surface area contributed by atoms with Gasteiger partial charge in [0.05, 0.1) is 35.1 Å². The van der Waals surface area contributed by atoms with Crippen LogP contribution < -0.4 is 10.4 Å². The SMILES string of the molecule is CC1(C)OB(c2cncc(Cl)c2N2CCOCC2)OC1(C)C. The first kappa shape index (κ1) is 16.1. The van der Waals surface area contributed by atoms with Crippen molar-refractivity contribution in [3.05, 3.63) is 17.4 Å². The van der Waals surface area contributed by atoms with Gasteiger partial charge in [-0.3, -0.25) is 4.98 Å². The van der Waals surface area contributed by atoms with Gasteiger partial charge in [0, 0.05) is 30.9 Å². The standard InChI is InChI=1S/C15H22BClN2O3/c1-14(2)15(3,4)22-16(21-14)11-9-18-10-12(17)13(11)19-5-7-20-8-6-19/h9-10H,5-8H2,1-4H3. The molecule has 2 saturated heterocycles. The summed E-state index contributed by atoms with van der Waals surface area (Å²) in [6, 6.07) is 0. The lowest BCUT2D eigenvalue weighted by Crippen LogP contribution is -2.44. The smallest absolute Gasteiger partial charge is 0.399 e. The molecule has 0 aliphatic carbocycles. The van der Waals surface area contributed by atoms with Crippen molar-refractivity contribution in [3.8, 4) is 0 Å². The van der Waals surface area contributed by atoms with Gasteiger partial charge in [-0.2, -0.15) is 0 Å². The molecule has 7 heteroatoms.